The summed E-state index contributed by atoms with van der Waals surface area (Å²) in [6.07, 6.45) is 6.75. The predicted octanol–water partition coefficient (Wildman–Crippen LogP) is 4.69. The molecule has 5 rings (SSSR count). The van der Waals surface area contributed by atoms with Gasteiger partial charge in [-0.2, -0.15) is 0 Å². The van der Waals surface area contributed by atoms with Gasteiger partial charge in [-0.15, -0.1) is 0 Å². The minimum atomic E-state index is -0.931. The number of aromatic carboxylic acids is 1. The van der Waals surface area contributed by atoms with E-state index in [9.17, 15) is 9.90 Å². The van der Waals surface area contributed by atoms with E-state index in [-0.39, 0.29) is 11.0 Å². The fourth-order valence-electron chi connectivity index (χ4n) is 5.68. The number of fused-ring (bicyclic) bond motifs is 1. The second kappa shape index (κ2) is 9.45. The van der Waals surface area contributed by atoms with Gasteiger partial charge in [-0.3, -0.25) is 4.90 Å². The highest BCUT2D eigenvalue weighted by molar-refractivity contribution is 6.30. The molecular weight excluding hydrogens is 448 g/mol. The van der Waals surface area contributed by atoms with Crippen LogP contribution in [0.5, 0.6) is 0 Å². The topological polar surface area (TPSA) is 92.3 Å². The molecule has 0 atom stereocenters. The Morgan fingerprint density at radius 2 is 1.94 bits per heavy atom. The molecule has 1 aromatic heterocycles. The number of nitrogens with zero attached hydrogens (tertiary/aromatic N) is 3. The lowest BCUT2D eigenvalue weighted by atomic mass is 9.68. The quantitative estimate of drug-likeness (QED) is 0.554. The van der Waals surface area contributed by atoms with Crippen LogP contribution in [-0.4, -0.2) is 45.1 Å². The molecule has 1 aliphatic heterocycles. The normalized spacial score (nSPS) is 22.8. The third-order valence-electron chi connectivity index (χ3n) is 7.68. The highest BCUT2D eigenvalue weighted by Crippen LogP contribution is 2.41. The number of aromatic nitrogens is 2. The van der Waals surface area contributed by atoms with Crippen LogP contribution in [0.3, 0.4) is 0 Å². The Labute approximate surface area is 204 Å². The fourth-order valence-corrected chi connectivity index (χ4v) is 5.87. The summed E-state index contributed by atoms with van der Waals surface area (Å²) >= 11 is 6.27. The van der Waals surface area contributed by atoms with Crippen LogP contribution in [0.4, 0.5) is 0 Å². The van der Waals surface area contributed by atoms with E-state index < -0.39 is 5.97 Å². The largest absolute Gasteiger partial charge is 0.478 e. The van der Waals surface area contributed by atoms with Gasteiger partial charge in [0.2, 0.25) is 0 Å². The molecule has 6 nitrogen and oxygen atoms in total. The maximum absolute atomic E-state index is 11.4. The maximum Gasteiger partial charge on any atom is 0.335 e. The van der Waals surface area contributed by atoms with Crippen LogP contribution in [0.1, 0.15) is 52.9 Å². The van der Waals surface area contributed by atoms with Crippen LogP contribution in [-0.2, 0) is 18.4 Å². The minimum Gasteiger partial charge on any atom is -0.478 e. The number of halogens is 1. The van der Waals surface area contributed by atoms with Crippen molar-refractivity contribution in [3.63, 3.8) is 0 Å². The molecular formula is C27H29ClN4O2. The van der Waals surface area contributed by atoms with E-state index in [0.29, 0.717) is 12.6 Å². The predicted molar refractivity (Wildman–Crippen MR) is 133 cm³/mol. The fraction of sp³-hybridized carbons (Fsp3) is 0.370. The second-order valence-electron chi connectivity index (χ2n) is 9.48. The van der Waals surface area contributed by atoms with Crippen LogP contribution < -0.4 is 5.73 Å². The summed E-state index contributed by atoms with van der Waals surface area (Å²) in [6.45, 7) is 2.37. The van der Waals surface area contributed by atoms with E-state index >= 15 is 0 Å². The number of hydrogen-bond acceptors (Lipinski definition) is 5. The van der Waals surface area contributed by atoms with Gasteiger partial charge in [-0.05, 0) is 61.9 Å². The van der Waals surface area contributed by atoms with Gasteiger partial charge in [0.1, 0.15) is 6.33 Å². The highest BCUT2D eigenvalue weighted by atomic mass is 35.5. The molecule has 3 N–H and O–H groups in total. The first-order valence-corrected chi connectivity index (χ1v) is 12.2. The SMILES string of the molecule is NCC1(c2cccc(Cl)c2)CCC(N2CCc3c(ncnc3-c3cccc(C(=O)O)c3)C2)CC1. The zero-order chi connectivity index (χ0) is 23.7. The van der Waals surface area contributed by atoms with Crippen LogP contribution in [0, 0.1) is 0 Å². The Hall–Kier alpha value is -2.80. The summed E-state index contributed by atoms with van der Waals surface area (Å²) < 4.78 is 0. The Morgan fingerprint density at radius 3 is 2.68 bits per heavy atom. The average Bonchev–Trinajstić information content (AvgIpc) is 2.88. The molecule has 1 aliphatic carbocycles. The van der Waals surface area contributed by atoms with Gasteiger partial charge in [-0.1, -0.05) is 35.9 Å². The maximum atomic E-state index is 11.4. The zero-order valence-corrected chi connectivity index (χ0v) is 19.8. The van der Waals surface area contributed by atoms with Gasteiger partial charge in [0.15, 0.2) is 0 Å². The summed E-state index contributed by atoms with van der Waals surface area (Å²) in [5, 5.41) is 10.1. The summed E-state index contributed by atoms with van der Waals surface area (Å²) in [5.41, 5.74) is 11.7. The number of carboxylic acid groups (broad SMARTS) is 1. The molecule has 34 heavy (non-hydrogen) atoms. The Balaban J connectivity index is 1.32. The minimum absolute atomic E-state index is 0.000406. The molecule has 0 spiro atoms. The lowest BCUT2D eigenvalue weighted by Crippen LogP contribution is -2.47. The van der Waals surface area contributed by atoms with E-state index in [1.165, 1.54) is 5.56 Å². The monoisotopic (exact) mass is 476 g/mol. The molecule has 0 saturated heterocycles. The van der Waals surface area contributed by atoms with Crippen LogP contribution >= 0.6 is 11.6 Å². The average molecular weight is 477 g/mol. The van der Waals surface area contributed by atoms with Crippen molar-refractivity contribution in [2.45, 2.75) is 50.1 Å². The van der Waals surface area contributed by atoms with Crippen LogP contribution in [0.2, 0.25) is 5.02 Å². The molecule has 1 saturated carbocycles. The zero-order valence-electron chi connectivity index (χ0n) is 19.1. The molecule has 7 heteroatoms. The first kappa shape index (κ1) is 23.0. The van der Waals surface area contributed by atoms with E-state index in [0.717, 1.165) is 72.7 Å². The number of rotatable bonds is 5. The summed E-state index contributed by atoms with van der Waals surface area (Å²) in [6, 6.07) is 15.7. The van der Waals surface area contributed by atoms with Crippen molar-refractivity contribution in [3.05, 3.63) is 82.3 Å². The number of nitrogens with two attached hydrogens (primary N) is 1. The number of carboxylic acids is 1. The molecule has 2 aliphatic rings. The van der Waals surface area contributed by atoms with Crippen molar-refractivity contribution < 1.29 is 9.90 Å². The third-order valence-corrected chi connectivity index (χ3v) is 7.91. The van der Waals surface area contributed by atoms with Crippen molar-refractivity contribution >= 4 is 17.6 Å². The highest BCUT2D eigenvalue weighted by Gasteiger charge is 2.38. The standard InChI is InChI=1S/C27H29ClN4O2/c28-21-6-2-5-20(14-21)27(16-29)10-7-22(8-11-27)32-12-9-23-24(15-32)30-17-31-25(23)18-3-1-4-19(13-18)26(33)34/h1-6,13-14,17,22H,7-12,15-16,29H2,(H,33,34). The van der Waals surface area contributed by atoms with Crippen molar-refractivity contribution in [3.8, 4) is 11.3 Å². The van der Waals surface area contributed by atoms with Gasteiger partial charge in [0.05, 0.1) is 17.0 Å². The van der Waals surface area contributed by atoms with Crippen molar-refractivity contribution in [1.82, 2.24) is 14.9 Å². The van der Waals surface area contributed by atoms with Gasteiger partial charge >= 0.3 is 5.97 Å². The van der Waals surface area contributed by atoms with E-state index in [1.54, 1.807) is 24.5 Å². The molecule has 0 bridgehead atoms. The lowest BCUT2D eigenvalue weighted by Gasteiger charge is -2.44. The number of carbonyl (C=O) groups is 1. The summed E-state index contributed by atoms with van der Waals surface area (Å²) in [7, 11) is 0. The van der Waals surface area contributed by atoms with Crippen molar-refractivity contribution in [1.29, 1.82) is 0 Å². The smallest absolute Gasteiger partial charge is 0.335 e. The molecule has 176 valence electrons. The number of hydrogen-bond donors (Lipinski definition) is 2. The lowest BCUT2D eigenvalue weighted by molar-refractivity contribution is 0.0697. The molecule has 2 aromatic carbocycles. The second-order valence-corrected chi connectivity index (χ2v) is 9.92. The molecule has 3 aromatic rings. The summed E-state index contributed by atoms with van der Waals surface area (Å²) in [4.78, 5) is 23.1. The van der Waals surface area contributed by atoms with Crippen molar-refractivity contribution in [2.75, 3.05) is 13.1 Å². The van der Waals surface area contributed by atoms with E-state index in [4.69, 9.17) is 17.3 Å². The molecule has 0 radical (unpaired) electrons. The Kier molecular flexibility index (Phi) is 6.38. The molecule has 1 fully saturated rings. The van der Waals surface area contributed by atoms with Gasteiger partial charge in [0, 0.05) is 47.2 Å². The van der Waals surface area contributed by atoms with Crippen LogP contribution in [0.15, 0.2) is 54.9 Å². The molecule has 0 unspecified atom stereocenters. The molecule has 0 amide bonds. The first-order chi connectivity index (χ1) is 16.5. The van der Waals surface area contributed by atoms with Gasteiger partial charge < -0.3 is 10.8 Å². The van der Waals surface area contributed by atoms with Crippen LogP contribution in [0.25, 0.3) is 11.3 Å². The molecule has 2 heterocycles. The van der Waals surface area contributed by atoms with Gasteiger partial charge in [-0.25, -0.2) is 14.8 Å². The first-order valence-electron chi connectivity index (χ1n) is 11.9. The van der Waals surface area contributed by atoms with E-state index in [2.05, 4.69) is 27.0 Å². The Bertz CT molecular complexity index is 1210. The third kappa shape index (κ3) is 4.33. The number of benzene rings is 2. The van der Waals surface area contributed by atoms with E-state index in [1.807, 2.05) is 18.2 Å². The van der Waals surface area contributed by atoms with Crippen molar-refractivity contribution in [2.24, 2.45) is 5.73 Å². The summed E-state index contributed by atoms with van der Waals surface area (Å²) in [5.74, 6) is -0.931. The Morgan fingerprint density at radius 1 is 1.15 bits per heavy atom. The van der Waals surface area contributed by atoms with Gasteiger partial charge in [0.25, 0.3) is 0 Å².